The molecule has 0 radical (unpaired) electrons. The number of halogens is 4. The van der Waals surface area contributed by atoms with E-state index in [2.05, 4.69) is 36.6 Å². The van der Waals surface area contributed by atoms with E-state index in [0.717, 1.165) is 24.3 Å². The van der Waals surface area contributed by atoms with E-state index < -0.39 is 23.6 Å². The van der Waals surface area contributed by atoms with Crippen LogP contribution in [0.15, 0.2) is 45.3 Å². The number of carboxylic acids is 1. The minimum Gasteiger partial charge on any atom is -0.478 e. The van der Waals surface area contributed by atoms with E-state index in [1.165, 1.54) is 12.1 Å². The lowest BCUT2D eigenvalue weighted by atomic mass is 10.2. The molecule has 0 spiro atoms. The number of esters is 1. The number of rotatable bonds is 3. The molecule has 0 aliphatic heterocycles. The maximum atomic E-state index is 12.6. The van der Waals surface area contributed by atoms with Gasteiger partial charge < -0.3 is 9.84 Å². The van der Waals surface area contributed by atoms with E-state index in [0.29, 0.717) is 4.47 Å². The van der Waals surface area contributed by atoms with Gasteiger partial charge in [0.05, 0.1) is 11.1 Å². The van der Waals surface area contributed by atoms with Gasteiger partial charge in [-0.1, -0.05) is 7.43 Å². The standard InChI is InChI=1S/C9H5BrFNO2.C7H4BrFO2.CH4/c10-8-5-6(11)1-2-7(8)9(13)14-4-3-12;8-6-3-4(9)1-2-5(6)7(10)11;/h1-2,5H,4H2;1-3H,(H,10,11);1H4. The number of nitrogens with zero attached hydrogens (tertiary/aromatic N) is 1. The van der Waals surface area contributed by atoms with Crippen molar-refractivity contribution >= 4 is 43.8 Å². The molecular weight excluding hydrogens is 480 g/mol. The van der Waals surface area contributed by atoms with Crippen molar-refractivity contribution in [3.8, 4) is 6.07 Å². The van der Waals surface area contributed by atoms with E-state index in [1.807, 2.05) is 0 Å². The molecular formula is C17H13Br2F2NO4. The number of aromatic carboxylic acids is 1. The summed E-state index contributed by atoms with van der Waals surface area (Å²) in [7, 11) is 0. The van der Waals surface area contributed by atoms with E-state index in [1.54, 1.807) is 6.07 Å². The van der Waals surface area contributed by atoms with Crippen molar-refractivity contribution in [2.24, 2.45) is 0 Å². The number of hydrogen-bond donors (Lipinski definition) is 1. The lowest BCUT2D eigenvalue weighted by Gasteiger charge is -2.02. The van der Waals surface area contributed by atoms with Crippen molar-refractivity contribution in [2.75, 3.05) is 6.61 Å². The number of nitriles is 1. The van der Waals surface area contributed by atoms with Crippen LogP contribution in [0.3, 0.4) is 0 Å². The quantitative estimate of drug-likeness (QED) is 0.595. The van der Waals surface area contributed by atoms with Gasteiger partial charge in [0.15, 0.2) is 6.61 Å². The molecule has 26 heavy (non-hydrogen) atoms. The van der Waals surface area contributed by atoms with E-state index in [-0.39, 0.29) is 29.6 Å². The summed E-state index contributed by atoms with van der Waals surface area (Å²) in [5.41, 5.74) is 0.257. The molecule has 5 nitrogen and oxygen atoms in total. The zero-order valence-corrected chi connectivity index (χ0v) is 15.5. The van der Waals surface area contributed by atoms with Crippen LogP contribution in [0.2, 0.25) is 0 Å². The third kappa shape index (κ3) is 7.29. The molecule has 2 aromatic carbocycles. The Balaban J connectivity index is 0.000000475. The Hall–Kier alpha value is -2.31. The molecule has 0 bridgehead atoms. The second-order valence-electron chi connectivity index (χ2n) is 4.29. The molecule has 2 rings (SSSR count). The summed E-state index contributed by atoms with van der Waals surface area (Å²) in [6.07, 6.45) is 0. The summed E-state index contributed by atoms with van der Waals surface area (Å²) >= 11 is 5.94. The number of carbonyl (C=O) groups is 2. The van der Waals surface area contributed by atoms with Gasteiger partial charge >= 0.3 is 11.9 Å². The van der Waals surface area contributed by atoms with E-state index in [4.69, 9.17) is 10.4 Å². The van der Waals surface area contributed by atoms with Crippen LogP contribution in [0.1, 0.15) is 28.1 Å². The number of hydrogen-bond acceptors (Lipinski definition) is 4. The van der Waals surface area contributed by atoms with Gasteiger partial charge in [0, 0.05) is 8.95 Å². The molecule has 0 saturated heterocycles. The predicted octanol–water partition coefficient (Wildman–Crippen LogP) is 5.19. The average Bonchev–Trinajstić information content (AvgIpc) is 2.52. The molecule has 138 valence electrons. The molecule has 1 N–H and O–H groups in total. The van der Waals surface area contributed by atoms with Crippen LogP contribution in [0.5, 0.6) is 0 Å². The first kappa shape index (κ1) is 23.7. The summed E-state index contributed by atoms with van der Waals surface area (Å²) in [4.78, 5) is 21.6. The van der Waals surface area contributed by atoms with Crippen molar-refractivity contribution in [3.63, 3.8) is 0 Å². The number of carboxylic acid groups (broad SMARTS) is 1. The second kappa shape index (κ2) is 11.3. The largest absolute Gasteiger partial charge is 0.478 e. The number of ether oxygens (including phenoxy) is 1. The highest BCUT2D eigenvalue weighted by molar-refractivity contribution is 9.10. The average molecular weight is 493 g/mol. The molecule has 0 amide bonds. The summed E-state index contributed by atoms with van der Waals surface area (Å²) in [6, 6.07) is 8.69. The molecule has 2 aromatic rings. The smallest absolute Gasteiger partial charge is 0.340 e. The van der Waals surface area contributed by atoms with Crippen molar-refractivity contribution in [1.29, 1.82) is 5.26 Å². The Morgan fingerprint density at radius 3 is 1.88 bits per heavy atom. The molecule has 0 saturated carbocycles. The van der Waals surface area contributed by atoms with Gasteiger partial charge in [0.25, 0.3) is 0 Å². The predicted molar refractivity (Wildman–Crippen MR) is 97.8 cm³/mol. The Morgan fingerprint density at radius 2 is 1.50 bits per heavy atom. The SMILES string of the molecule is C.N#CCOC(=O)c1ccc(F)cc1Br.O=C(O)c1ccc(F)cc1Br. The van der Waals surface area contributed by atoms with Gasteiger partial charge in [-0.3, -0.25) is 0 Å². The highest BCUT2D eigenvalue weighted by Crippen LogP contribution is 2.19. The molecule has 0 atom stereocenters. The summed E-state index contributed by atoms with van der Waals surface area (Å²) < 4.78 is 30.1. The fraction of sp³-hybridized carbons (Fsp3) is 0.118. The minimum absolute atomic E-state index is 0. The van der Waals surface area contributed by atoms with Crippen LogP contribution >= 0.6 is 31.9 Å². The molecule has 0 fully saturated rings. The first-order valence-electron chi connectivity index (χ1n) is 6.43. The van der Waals surface area contributed by atoms with E-state index in [9.17, 15) is 18.4 Å². The van der Waals surface area contributed by atoms with Gasteiger partial charge in [0.2, 0.25) is 0 Å². The summed E-state index contributed by atoms with van der Waals surface area (Å²) in [5, 5.41) is 16.7. The van der Waals surface area contributed by atoms with Crippen LogP contribution in [-0.4, -0.2) is 23.7 Å². The zero-order valence-electron chi connectivity index (χ0n) is 12.3. The number of benzene rings is 2. The van der Waals surface area contributed by atoms with Gasteiger partial charge in [-0.25, -0.2) is 18.4 Å². The second-order valence-corrected chi connectivity index (χ2v) is 6.00. The minimum atomic E-state index is -1.07. The maximum Gasteiger partial charge on any atom is 0.340 e. The molecule has 0 aliphatic carbocycles. The highest BCUT2D eigenvalue weighted by atomic mass is 79.9. The van der Waals surface area contributed by atoms with Crippen LogP contribution in [-0.2, 0) is 4.74 Å². The topological polar surface area (TPSA) is 87.4 Å². The Kier molecular flexibility index (Phi) is 10.3. The molecule has 0 aromatic heterocycles. The number of carbonyl (C=O) groups excluding carboxylic acids is 1. The van der Waals surface area contributed by atoms with Gasteiger partial charge in [-0.15, -0.1) is 0 Å². The van der Waals surface area contributed by atoms with Crippen molar-refractivity contribution < 1.29 is 28.2 Å². The van der Waals surface area contributed by atoms with Gasteiger partial charge in [0.1, 0.15) is 17.7 Å². The lowest BCUT2D eigenvalue weighted by Crippen LogP contribution is -2.06. The Bertz CT molecular complexity index is 838. The first-order valence-corrected chi connectivity index (χ1v) is 8.02. The molecule has 0 heterocycles. The lowest BCUT2D eigenvalue weighted by molar-refractivity contribution is 0.0553. The fourth-order valence-electron chi connectivity index (χ4n) is 1.49. The van der Waals surface area contributed by atoms with Crippen molar-refractivity contribution in [3.05, 3.63) is 68.1 Å². The Morgan fingerprint density at radius 1 is 1.04 bits per heavy atom. The summed E-state index contributed by atoms with van der Waals surface area (Å²) in [5.74, 6) is -2.63. The van der Waals surface area contributed by atoms with Crippen LogP contribution in [0.4, 0.5) is 8.78 Å². The Labute approximate surface area is 165 Å². The third-order valence-electron chi connectivity index (χ3n) is 2.58. The zero-order chi connectivity index (χ0) is 19.0. The summed E-state index contributed by atoms with van der Waals surface area (Å²) in [6.45, 7) is -0.317. The monoisotopic (exact) mass is 491 g/mol. The van der Waals surface area contributed by atoms with Gasteiger partial charge in [-0.05, 0) is 68.3 Å². The van der Waals surface area contributed by atoms with Crippen molar-refractivity contribution in [1.82, 2.24) is 0 Å². The first-order chi connectivity index (χ1) is 11.8. The maximum absolute atomic E-state index is 12.6. The highest BCUT2D eigenvalue weighted by Gasteiger charge is 2.11. The molecule has 0 aliphatic rings. The third-order valence-corrected chi connectivity index (χ3v) is 3.89. The molecule has 0 unspecified atom stereocenters. The normalized spacial score (nSPS) is 9.04. The van der Waals surface area contributed by atoms with Crippen molar-refractivity contribution in [2.45, 2.75) is 7.43 Å². The van der Waals surface area contributed by atoms with Crippen LogP contribution < -0.4 is 0 Å². The fourth-order valence-corrected chi connectivity index (χ4v) is 2.53. The molecule has 9 heteroatoms. The van der Waals surface area contributed by atoms with E-state index >= 15 is 0 Å². The van der Waals surface area contributed by atoms with Crippen LogP contribution in [0.25, 0.3) is 0 Å². The van der Waals surface area contributed by atoms with Crippen LogP contribution in [0, 0.1) is 23.0 Å². The van der Waals surface area contributed by atoms with Gasteiger partial charge in [-0.2, -0.15) is 5.26 Å².